The van der Waals surface area contributed by atoms with Crippen LogP contribution in [0.4, 0.5) is 13.2 Å². The number of alkyl halides is 3. The Morgan fingerprint density at radius 3 is 2.40 bits per heavy atom. The summed E-state index contributed by atoms with van der Waals surface area (Å²) >= 11 is 0. The first-order chi connectivity index (χ1) is 6.82. The average molecular weight is 229 g/mol. The Labute approximate surface area is 84.8 Å². The summed E-state index contributed by atoms with van der Waals surface area (Å²) in [6, 6.07) is -0.485. The van der Waals surface area contributed by atoms with Gasteiger partial charge in [0.1, 0.15) is 5.92 Å². The zero-order valence-electron chi connectivity index (χ0n) is 8.12. The number of nitrogens with one attached hydrogen (secondary N) is 1. The molecule has 5 nitrogen and oxygen atoms in total. The molecule has 0 saturated heterocycles. The van der Waals surface area contributed by atoms with Gasteiger partial charge in [-0.1, -0.05) is 5.16 Å². The number of amidine groups is 1. The van der Waals surface area contributed by atoms with Gasteiger partial charge in [0.05, 0.1) is 6.61 Å². The van der Waals surface area contributed by atoms with E-state index in [0.717, 1.165) is 0 Å². The third-order valence-corrected chi connectivity index (χ3v) is 1.81. The van der Waals surface area contributed by atoms with E-state index in [4.69, 9.17) is 16.0 Å². The van der Waals surface area contributed by atoms with Gasteiger partial charge in [-0.3, -0.25) is 0 Å². The average Bonchev–Trinajstić information content (AvgIpc) is 2.15. The van der Waals surface area contributed by atoms with E-state index in [-0.39, 0.29) is 6.61 Å². The van der Waals surface area contributed by atoms with Crippen molar-refractivity contribution in [2.45, 2.75) is 19.1 Å². The van der Waals surface area contributed by atoms with Gasteiger partial charge >= 0.3 is 6.18 Å². The van der Waals surface area contributed by atoms with Crippen molar-refractivity contribution in [2.24, 2.45) is 16.8 Å². The highest BCUT2D eigenvalue weighted by Gasteiger charge is 2.42. The molecule has 0 amide bonds. The normalized spacial score (nSPS) is 17.5. The number of nitrogens with two attached hydrogens (primary N) is 1. The van der Waals surface area contributed by atoms with Gasteiger partial charge in [0.2, 0.25) is 0 Å². The highest BCUT2D eigenvalue weighted by Crippen LogP contribution is 2.25. The molecule has 0 aromatic heterocycles. The fraction of sp³-hybridized carbons (Fsp3) is 0.857. The fourth-order valence-electron chi connectivity index (χ4n) is 0.841. The maximum absolute atomic E-state index is 12.3. The predicted molar refractivity (Wildman–Crippen MR) is 47.5 cm³/mol. The summed E-state index contributed by atoms with van der Waals surface area (Å²) in [7, 11) is 0. The minimum absolute atomic E-state index is 0.291. The lowest BCUT2D eigenvalue weighted by Gasteiger charge is -2.21. The van der Waals surface area contributed by atoms with Gasteiger partial charge in [-0.2, -0.15) is 13.2 Å². The van der Waals surface area contributed by atoms with E-state index in [9.17, 15) is 13.2 Å². The quantitative estimate of drug-likeness (QED) is 0.229. The van der Waals surface area contributed by atoms with Crippen molar-refractivity contribution in [2.75, 3.05) is 13.2 Å². The molecular formula is C7H14F3N3O2. The molecule has 0 aromatic rings. The summed E-state index contributed by atoms with van der Waals surface area (Å²) < 4.78 is 37.0. The molecule has 2 unspecified atom stereocenters. The molecule has 0 rings (SSSR count). The van der Waals surface area contributed by atoms with Gasteiger partial charge in [0, 0.05) is 12.6 Å². The second-order valence-corrected chi connectivity index (χ2v) is 3.11. The van der Waals surface area contributed by atoms with Gasteiger partial charge < -0.3 is 21.4 Å². The Balaban J connectivity index is 4.41. The van der Waals surface area contributed by atoms with E-state index in [1.807, 2.05) is 0 Å². The number of oxime groups is 1. The smallest absolute Gasteiger partial charge is 0.400 e. The van der Waals surface area contributed by atoms with Crippen LogP contribution in [0.2, 0.25) is 0 Å². The van der Waals surface area contributed by atoms with Crippen LogP contribution in [0, 0.1) is 5.92 Å². The van der Waals surface area contributed by atoms with Crippen molar-refractivity contribution in [1.29, 1.82) is 0 Å². The van der Waals surface area contributed by atoms with E-state index in [1.165, 1.54) is 6.92 Å². The van der Waals surface area contributed by atoms with Crippen molar-refractivity contribution in [1.82, 2.24) is 5.32 Å². The summed E-state index contributed by atoms with van der Waals surface area (Å²) in [6.07, 6.45) is -4.58. The monoisotopic (exact) mass is 229 g/mol. The van der Waals surface area contributed by atoms with Gasteiger partial charge in [0.25, 0.3) is 0 Å². The molecule has 0 aliphatic rings. The molecule has 0 saturated carbocycles. The second-order valence-electron chi connectivity index (χ2n) is 3.11. The molecule has 0 radical (unpaired) electrons. The molecule has 0 spiro atoms. The number of nitrogens with zero attached hydrogens (tertiary/aromatic N) is 1. The molecule has 0 fully saturated rings. The Kier molecular flexibility index (Phi) is 5.37. The van der Waals surface area contributed by atoms with Crippen molar-refractivity contribution < 1.29 is 23.5 Å². The first-order valence-corrected chi connectivity index (χ1v) is 4.21. The van der Waals surface area contributed by atoms with Crippen LogP contribution in [0.1, 0.15) is 6.92 Å². The summed E-state index contributed by atoms with van der Waals surface area (Å²) in [5.41, 5.74) is 4.91. The Morgan fingerprint density at radius 2 is 2.07 bits per heavy atom. The molecule has 0 bridgehead atoms. The molecule has 8 heteroatoms. The molecule has 5 N–H and O–H groups in total. The maximum Gasteiger partial charge on any atom is 0.400 e. The van der Waals surface area contributed by atoms with Crippen molar-refractivity contribution in [3.63, 3.8) is 0 Å². The lowest BCUT2D eigenvalue weighted by Crippen LogP contribution is -2.45. The molecular weight excluding hydrogens is 215 g/mol. The molecule has 0 aliphatic heterocycles. The molecule has 15 heavy (non-hydrogen) atoms. The van der Waals surface area contributed by atoms with Crippen LogP contribution in [0.5, 0.6) is 0 Å². The number of aliphatic hydroxyl groups excluding tert-OH is 1. The third-order valence-electron chi connectivity index (χ3n) is 1.81. The summed E-state index contributed by atoms with van der Waals surface area (Å²) in [5, 5.41) is 21.5. The van der Waals surface area contributed by atoms with Gasteiger partial charge in [-0.05, 0) is 6.92 Å². The minimum atomic E-state index is -4.58. The van der Waals surface area contributed by atoms with Crippen molar-refractivity contribution >= 4 is 5.84 Å². The van der Waals surface area contributed by atoms with Crippen LogP contribution in [0.3, 0.4) is 0 Å². The van der Waals surface area contributed by atoms with Crippen LogP contribution < -0.4 is 11.1 Å². The summed E-state index contributed by atoms with van der Waals surface area (Å²) in [4.78, 5) is 0. The number of aliphatic hydroxyl groups is 1. The van der Waals surface area contributed by atoms with Crippen LogP contribution in [-0.2, 0) is 0 Å². The van der Waals surface area contributed by atoms with Crippen LogP contribution in [0.25, 0.3) is 0 Å². The molecule has 0 aliphatic carbocycles. The molecule has 0 heterocycles. The SMILES string of the molecule is CC(CO)NCC(C(N)=NO)C(F)(F)F. The van der Waals surface area contributed by atoms with Gasteiger partial charge in [0.15, 0.2) is 5.84 Å². The van der Waals surface area contributed by atoms with E-state index in [2.05, 4.69) is 10.5 Å². The van der Waals surface area contributed by atoms with E-state index in [0.29, 0.717) is 0 Å². The zero-order chi connectivity index (χ0) is 12.1. The number of halogens is 3. The topological polar surface area (TPSA) is 90.9 Å². The first-order valence-electron chi connectivity index (χ1n) is 4.21. The Bertz CT molecular complexity index is 220. The largest absolute Gasteiger partial charge is 0.409 e. The van der Waals surface area contributed by atoms with Crippen LogP contribution >= 0.6 is 0 Å². The maximum atomic E-state index is 12.3. The minimum Gasteiger partial charge on any atom is -0.409 e. The predicted octanol–water partition coefficient (Wildman–Crippen LogP) is -0.118. The molecule has 0 aromatic carbocycles. The number of hydrogen-bond acceptors (Lipinski definition) is 4. The van der Waals surface area contributed by atoms with Crippen molar-refractivity contribution in [3.05, 3.63) is 0 Å². The third kappa shape index (κ3) is 4.84. The Hall–Kier alpha value is -1.02. The summed E-state index contributed by atoms with van der Waals surface area (Å²) in [5.74, 6) is -2.96. The first kappa shape index (κ1) is 14.0. The van der Waals surface area contributed by atoms with Crippen molar-refractivity contribution in [3.8, 4) is 0 Å². The van der Waals surface area contributed by atoms with E-state index in [1.54, 1.807) is 0 Å². The van der Waals surface area contributed by atoms with E-state index >= 15 is 0 Å². The summed E-state index contributed by atoms with van der Waals surface area (Å²) in [6.45, 7) is 0.682. The molecule has 2 atom stereocenters. The van der Waals surface area contributed by atoms with Gasteiger partial charge in [-0.25, -0.2) is 0 Å². The Morgan fingerprint density at radius 1 is 1.53 bits per heavy atom. The highest BCUT2D eigenvalue weighted by molar-refractivity contribution is 5.83. The fourth-order valence-corrected chi connectivity index (χ4v) is 0.841. The van der Waals surface area contributed by atoms with Gasteiger partial charge in [-0.15, -0.1) is 0 Å². The lowest BCUT2D eigenvalue weighted by atomic mass is 10.1. The number of hydrogen-bond donors (Lipinski definition) is 4. The number of rotatable bonds is 5. The zero-order valence-corrected chi connectivity index (χ0v) is 8.12. The lowest BCUT2D eigenvalue weighted by molar-refractivity contribution is -0.155. The highest BCUT2D eigenvalue weighted by atomic mass is 19.4. The van der Waals surface area contributed by atoms with Crippen LogP contribution in [-0.4, -0.2) is 41.5 Å². The van der Waals surface area contributed by atoms with E-state index < -0.39 is 30.5 Å². The second kappa shape index (κ2) is 5.76. The molecule has 90 valence electrons. The van der Waals surface area contributed by atoms with Crippen LogP contribution in [0.15, 0.2) is 5.16 Å². The standard InChI is InChI=1S/C7H14F3N3O2/c1-4(3-14)12-2-5(6(11)13-15)7(8,9)10/h4-5,12,14-15H,2-3H2,1H3,(H2,11,13).